The Labute approximate surface area is 147 Å². The first-order valence-electron chi connectivity index (χ1n) is 7.25. The maximum absolute atomic E-state index is 13.7. The summed E-state index contributed by atoms with van der Waals surface area (Å²) in [5.41, 5.74) is 5.01. The first kappa shape index (κ1) is 16.7. The lowest BCUT2D eigenvalue weighted by Crippen LogP contribution is -2.41. The number of benzene rings is 2. The zero-order valence-electron chi connectivity index (χ0n) is 12.8. The minimum Gasteiger partial charge on any atom is -0.451 e. The fourth-order valence-electron chi connectivity index (χ4n) is 2.14. The van der Waals surface area contributed by atoms with Gasteiger partial charge in [-0.1, -0.05) is 29.8 Å². The molecule has 2 N–H and O–H groups in total. The van der Waals surface area contributed by atoms with Gasteiger partial charge in [-0.15, -0.1) is 0 Å². The molecule has 0 saturated carbocycles. The number of halogens is 2. The molecule has 1 heterocycles. The highest BCUT2D eigenvalue weighted by Crippen LogP contribution is 2.24. The summed E-state index contributed by atoms with van der Waals surface area (Å²) in [5.74, 6) is -1.51. The van der Waals surface area contributed by atoms with Crippen LogP contribution in [0, 0.1) is 5.82 Å². The number of hydrogen-bond acceptors (Lipinski definition) is 3. The molecular weight excluding hydrogens is 347 g/mol. The average molecular weight is 359 g/mol. The van der Waals surface area contributed by atoms with Gasteiger partial charge in [-0.2, -0.15) is 0 Å². The topological polar surface area (TPSA) is 71.3 Å². The van der Waals surface area contributed by atoms with Crippen LogP contribution in [0.2, 0.25) is 5.02 Å². The Morgan fingerprint density at radius 1 is 0.920 bits per heavy atom. The predicted molar refractivity (Wildman–Crippen MR) is 90.5 cm³/mol. The lowest BCUT2D eigenvalue weighted by Gasteiger charge is -2.06. The zero-order valence-corrected chi connectivity index (χ0v) is 13.5. The van der Waals surface area contributed by atoms with Gasteiger partial charge in [-0.25, -0.2) is 4.39 Å². The normalized spacial score (nSPS) is 10.3. The predicted octanol–water partition coefficient (Wildman–Crippen LogP) is 3.81. The van der Waals surface area contributed by atoms with E-state index in [0.717, 1.165) is 0 Å². The molecule has 126 valence electrons. The molecule has 0 aliphatic rings. The first-order valence-corrected chi connectivity index (χ1v) is 7.63. The third kappa shape index (κ3) is 3.87. The number of nitrogens with one attached hydrogen (secondary N) is 2. The van der Waals surface area contributed by atoms with Gasteiger partial charge >= 0.3 is 5.91 Å². The number of hydrazine groups is 1. The molecule has 1 aromatic heterocycles. The fraction of sp³-hybridized carbons (Fsp3) is 0. The lowest BCUT2D eigenvalue weighted by molar-refractivity contribution is 0.0831. The SMILES string of the molecule is O=C(NNC(=O)c1ccc(-c2ccccc2F)o1)c1cccc(Cl)c1. The Bertz CT molecular complexity index is 939. The molecule has 25 heavy (non-hydrogen) atoms. The van der Waals surface area contributed by atoms with Crippen molar-refractivity contribution >= 4 is 23.4 Å². The molecule has 3 rings (SSSR count). The molecule has 0 aliphatic heterocycles. The van der Waals surface area contributed by atoms with E-state index in [1.807, 2.05) is 0 Å². The highest BCUT2D eigenvalue weighted by molar-refractivity contribution is 6.30. The van der Waals surface area contributed by atoms with Crippen molar-refractivity contribution in [2.24, 2.45) is 0 Å². The largest absolute Gasteiger partial charge is 0.451 e. The molecule has 0 spiro atoms. The van der Waals surface area contributed by atoms with E-state index in [2.05, 4.69) is 10.9 Å². The summed E-state index contributed by atoms with van der Waals surface area (Å²) >= 11 is 5.81. The quantitative estimate of drug-likeness (QED) is 0.699. The van der Waals surface area contributed by atoms with E-state index < -0.39 is 17.6 Å². The summed E-state index contributed by atoms with van der Waals surface area (Å²) in [5, 5.41) is 0.402. The van der Waals surface area contributed by atoms with Crippen LogP contribution in [0.1, 0.15) is 20.9 Å². The van der Waals surface area contributed by atoms with Gasteiger partial charge in [0, 0.05) is 10.6 Å². The molecule has 0 unspecified atom stereocenters. The van der Waals surface area contributed by atoms with Gasteiger partial charge in [0.15, 0.2) is 5.76 Å². The van der Waals surface area contributed by atoms with Crippen molar-refractivity contribution in [1.82, 2.24) is 10.9 Å². The van der Waals surface area contributed by atoms with Crippen LogP contribution >= 0.6 is 11.6 Å². The van der Waals surface area contributed by atoms with E-state index >= 15 is 0 Å². The van der Waals surface area contributed by atoms with Crippen LogP contribution < -0.4 is 10.9 Å². The van der Waals surface area contributed by atoms with Gasteiger partial charge in [0.25, 0.3) is 5.91 Å². The van der Waals surface area contributed by atoms with Crippen LogP contribution in [0.15, 0.2) is 65.1 Å². The van der Waals surface area contributed by atoms with Gasteiger partial charge in [0.1, 0.15) is 11.6 Å². The third-order valence-electron chi connectivity index (χ3n) is 3.35. The standard InChI is InChI=1S/C18H12ClFN2O3/c19-12-5-3-4-11(10-12)17(23)21-22-18(24)16-9-8-15(25-16)13-6-1-2-7-14(13)20/h1-10H,(H,21,23)(H,22,24). The van der Waals surface area contributed by atoms with Gasteiger partial charge < -0.3 is 4.42 Å². The average Bonchev–Trinajstić information content (AvgIpc) is 3.09. The van der Waals surface area contributed by atoms with E-state index in [1.165, 1.54) is 30.3 Å². The molecule has 0 aliphatic carbocycles. The maximum atomic E-state index is 13.7. The monoisotopic (exact) mass is 358 g/mol. The summed E-state index contributed by atoms with van der Waals surface area (Å²) in [6.45, 7) is 0. The van der Waals surface area contributed by atoms with Gasteiger partial charge in [0.05, 0.1) is 5.56 Å². The lowest BCUT2D eigenvalue weighted by atomic mass is 10.1. The molecule has 0 fully saturated rings. The Kier molecular flexibility index (Phi) is 4.81. The molecule has 7 heteroatoms. The van der Waals surface area contributed by atoms with E-state index in [4.69, 9.17) is 16.0 Å². The van der Waals surface area contributed by atoms with Crippen LogP contribution in [0.4, 0.5) is 4.39 Å². The fourth-order valence-corrected chi connectivity index (χ4v) is 2.33. The Hall–Kier alpha value is -3.12. The Morgan fingerprint density at radius 2 is 1.68 bits per heavy atom. The minimum absolute atomic E-state index is 0.0651. The third-order valence-corrected chi connectivity index (χ3v) is 3.58. The van der Waals surface area contributed by atoms with E-state index in [0.29, 0.717) is 10.6 Å². The summed E-state index contributed by atoms with van der Waals surface area (Å²) in [6.07, 6.45) is 0. The van der Waals surface area contributed by atoms with Gasteiger partial charge in [0.2, 0.25) is 0 Å². The molecule has 2 aromatic carbocycles. The van der Waals surface area contributed by atoms with Gasteiger partial charge in [-0.05, 0) is 42.5 Å². The number of carbonyl (C=O) groups excluding carboxylic acids is 2. The molecule has 0 atom stereocenters. The smallest absolute Gasteiger partial charge is 0.305 e. The molecule has 0 saturated heterocycles. The molecule has 5 nitrogen and oxygen atoms in total. The molecule has 0 bridgehead atoms. The van der Waals surface area contributed by atoms with Crippen molar-refractivity contribution in [1.29, 1.82) is 0 Å². The van der Waals surface area contributed by atoms with Crippen LogP contribution in [-0.4, -0.2) is 11.8 Å². The molecule has 3 aromatic rings. The second-order valence-electron chi connectivity index (χ2n) is 5.06. The number of rotatable bonds is 3. The minimum atomic E-state index is -0.669. The van der Waals surface area contributed by atoms with Crippen molar-refractivity contribution in [2.45, 2.75) is 0 Å². The highest BCUT2D eigenvalue weighted by atomic mass is 35.5. The van der Waals surface area contributed by atoms with Crippen molar-refractivity contribution in [3.8, 4) is 11.3 Å². The summed E-state index contributed by atoms with van der Waals surface area (Å²) in [7, 11) is 0. The number of amides is 2. The van der Waals surface area contributed by atoms with Crippen LogP contribution in [0.5, 0.6) is 0 Å². The highest BCUT2D eigenvalue weighted by Gasteiger charge is 2.15. The van der Waals surface area contributed by atoms with Crippen molar-refractivity contribution < 1.29 is 18.4 Å². The van der Waals surface area contributed by atoms with Crippen LogP contribution in [0.3, 0.4) is 0 Å². The van der Waals surface area contributed by atoms with E-state index in [1.54, 1.807) is 30.3 Å². The molecule has 2 amide bonds. The summed E-state index contributed by atoms with van der Waals surface area (Å²) in [6, 6.07) is 15.2. The number of furan rings is 1. The first-order chi connectivity index (χ1) is 12.0. The zero-order chi connectivity index (χ0) is 17.8. The number of carbonyl (C=O) groups is 2. The Balaban J connectivity index is 1.66. The summed E-state index contributed by atoms with van der Waals surface area (Å²) in [4.78, 5) is 24.0. The second-order valence-corrected chi connectivity index (χ2v) is 5.50. The van der Waals surface area contributed by atoms with Crippen LogP contribution in [0.25, 0.3) is 11.3 Å². The maximum Gasteiger partial charge on any atom is 0.305 e. The van der Waals surface area contributed by atoms with Gasteiger partial charge in [-0.3, -0.25) is 20.4 Å². The van der Waals surface area contributed by atoms with Crippen LogP contribution in [-0.2, 0) is 0 Å². The van der Waals surface area contributed by atoms with Crippen molar-refractivity contribution in [2.75, 3.05) is 0 Å². The van der Waals surface area contributed by atoms with Crippen molar-refractivity contribution in [3.05, 3.63) is 82.8 Å². The number of hydrogen-bond donors (Lipinski definition) is 2. The molecular formula is C18H12ClFN2O3. The molecule has 0 radical (unpaired) electrons. The summed E-state index contributed by atoms with van der Waals surface area (Å²) < 4.78 is 19.1. The van der Waals surface area contributed by atoms with Crippen molar-refractivity contribution in [3.63, 3.8) is 0 Å². The van der Waals surface area contributed by atoms with E-state index in [-0.39, 0.29) is 17.1 Å². The second kappa shape index (κ2) is 7.19. The van der Waals surface area contributed by atoms with E-state index in [9.17, 15) is 14.0 Å². The Morgan fingerprint density at radius 3 is 2.44 bits per heavy atom.